The molecule has 0 aliphatic rings. The third-order valence-corrected chi connectivity index (χ3v) is 6.18. The molecule has 0 radical (unpaired) electrons. The zero-order chi connectivity index (χ0) is 26.6. The first kappa shape index (κ1) is 25.9. The highest BCUT2D eigenvalue weighted by atomic mass is 35.5. The average Bonchev–Trinajstić information content (AvgIpc) is 3.36. The number of anilines is 3. The van der Waals surface area contributed by atoms with E-state index in [0.29, 0.717) is 22.6 Å². The van der Waals surface area contributed by atoms with Gasteiger partial charge in [-0.05, 0) is 25.1 Å². The first-order chi connectivity index (χ1) is 17.6. The van der Waals surface area contributed by atoms with E-state index in [1.54, 1.807) is 31.5 Å². The molecule has 10 nitrogen and oxygen atoms in total. The van der Waals surface area contributed by atoms with Crippen LogP contribution in [0.4, 0.5) is 30.5 Å². The standard InChI is InChI=1S/C22H16ClF3N8O2S/c1-11(32-19(35)15-6-18(31-10-30-15)33-12-3-2-4-27-7-12)21-29-9-16(37-21)20(36)34-17-5-13(22(24,25)26)14(23)8-28-17/h2-11H,1H3,(H,32,35)(H,28,34,36)(H,30,31,33). The molecule has 0 aliphatic heterocycles. The quantitative estimate of drug-likeness (QED) is 0.297. The summed E-state index contributed by atoms with van der Waals surface area (Å²) in [5.74, 6) is -1.15. The Kier molecular flexibility index (Phi) is 7.59. The highest BCUT2D eigenvalue weighted by Crippen LogP contribution is 2.35. The number of carbonyl (C=O) groups is 2. The molecule has 4 rings (SSSR count). The molecule has 4 aromatic heterocycles. The van der Waals surface area contributed by atoms with E-state index < -0.39 is 34.6 Å². The molecular formula is C22H16ClF3N8O2S. The van der Waals surface area contributed by atoms with Crippen molar-refractivity contribution in [2.75, 3.05) is 10.6 Å². The first-order valence-corrected chi connectivity index (χ1v) is 11.6. The van der Waals surface area contributed by atoms with E-state index >= 15 is 0 Å². The highest BCUT2D eigenvalue weighted by molar-refractivity contribution is 7.13. The monoisotopic (exact) mass is 548 g/mol. The molecule has 2 amide bonds. The molecule has 1 unspecified atom stereocenters. The topological polar surface area (TPSA) is 135 Å². The molecular weight excluding hydrogens is 533 g/mol. The Bertz CT molecular complexity index is 1430. The maximum Gasteiger partial charge on any atom is 0.418 e. The fraction of sp³-hybridized carbons (Fsp3) is 0.136. The van der Waals surface area contributed by atoms with Gasteiger partial charge in [0.2, 0.25) is 0 Å². The Hall–Kier alpha value is -4.17. The van der Waals surface area contributed by atoms with Crippen LogP contribution in [0.25, 0.3) is 0 Å². The van der Waals surface area contributed by atoms with Crippen LogP contribution in [0.5, 0.6) is 0 Å². The third-order valence-electron chi connectivity index (χ3n) is 4.70. The van der Waals surface area contributed by atoms with Crippen molar-refractivity contribution >= 4 is 52.1 Å². The molecule has 4 heterocycles. The predicted octanol–water partition coefficient (Wildman–Crippen LogP) is 4.88. The molecule has 0 saturated heterocycles. The van der Waals surface area contributed by atoms with Crippen molar-refractivity contribution in [2.45, 2.75) is 19.1 Å². The normalized spacial score (nSPS) is 12.0. The van der Waals surface area contributed by atoms with Gasteiger partial charge in [0, 0.05) is 18.5 Å². The van der Waals surface area contributed by atoms with Gasteiger partial charge in [-0.3, -0.25) is 14.6 Å². The Morgan fingerprint density at radius 3 is 2.57 bits per heavy atom. The van der Waals surface area contributed by atoms with Crippen molar-refractivity contribution in [3.05, 3.63) is 81.5 Å². The van der Waals surface area contributed by atoms with Crippen LogP contribution >= 0.6 is 22.9 Å². The summed E-state index contributed by atoms with van der Waals surface area (Å²) in [6, 6.07) is 5.03. The van der Waals surface area contributed by atoms with Gasteiger partial charge >= 0.3 is 6.18 Å². The van der Waals surface area contributed by atoms with Crippen LogP contribution in [0.2, 0.25) is 5.02 Å². The van der Waals surface area contributed by atoms with Gasteiger partial charge in [-0.2, -0.15) is 13.2 Å². The zero-order valence-electron chi connectivity index (χ0n) is 18.7. The lowest BCUT2D eigenvalue weighted by Crippen LogP contribution is -2.27. The summed E-state index contributed by atoms with van der Waals surface area (Å²) in [7, 11) is 0. The van der Waals surface area contributed by atoms with E-state index in [2.05, 4.69) is 40.9 Å². The van der Waals surface area contributed by atoms with Crippen LogP contribution < -0.4 is 16.0 Å². The van der Waals surface area contributed by atoms with Crippen molar-refractivity contribution in [2.24, 2.45) is 0 Å². The molecule has 15 heteroatoms. The van der Waals surface area contributed by atoms with E-state index in [4.69, 9.17) is 11.6 Å². The van der Waals surface area contributed by atoms with Gasteiger partial charge in [-0.25, -0.2) is 19.9 Å². The number of aromatic nitrogens is 5. The third kappa shape index (κ3) is 6.54. The van der Waals surface area contributed by atoms with E-state index in [1.165, 1.54) is 18.6 Å². The van der Waals surface area contributed by atoms with Crippen LogP contribution in [-0.4, -0.2) is 36.7 Å². The summed E-state index contributed by atoms with van der Waals surface area (Å²) in [6.45, 7) is 1.66. The van der Waals surface area contributed by atoms with E-state index in [9.17, 15) is 22.8 Å². The smallest absolute Gasteiger partial charge is 0.342 e. The number of nitrogens with zero attached hydrogens (tertiary/aromatic N) is 5. The van der Waals surface area contributed by atoms with Gasteiger partial charge in [-0.1, -0.05) is 11.6 Å². The fourth-order valence-electron chi connectivity index (χ4n) is 2.96. The Morgan fingerprint density at radius 2 is 1.84 bits per heavy atom. The number of carbonyl (C=O) groups excluding carboxylic acids is 2. The molecule has 0 aliphatic carbocycles. The van der Waals surface area contributed by atoms with Crippen LogP contribution in [0.1, 0.15) is 43.7 Å². The summed E-state index contributed by atoms with van der Waals surface area (Å²) in [4.78, 5) is 45.2. The lowest BCUT2D eigenvalue weighted by Gasteiger charge is -2.11. The average molecular weight is 549 g/mol. The second kappa shape index (κ2) is 10.8. The minimum Gasteiger partial charge on any atom is -0.342 e. The Labute approximate surface area is 216 Å². The number of alkyl halides is 3. The van der Waals surface area contributed by atoms with E-state index in [0.717, 1.165) is 17.5 Å². The number of amides is 2. The lowest BCUT2D eigenvalue weighted by molar-refractivity contribution is -0.137. The Morgan fingerprint density at radius 1 is 1.03 bits per heavy atom. The van der Waals surface area contributed by atoms with Crippen LogP contribution in [0.15, 0.2) is 55.4 Å². The summed E-state index contributed by atoms with van der Waals surface area (Å²) >= 11 is 6.51. The zero-order valence-corrected chi connectivity index (χ0v) is 20.3. The lowest BCUT2D eigenvalue weighted by atomic mass is 10.2. The van der Waals surface area contributed by atoms with Crippen molar-refractivity contribution in [1.82, 2.24) is 30.2 Å². The fourth-order valence-corrected chi connectivity index (χ4v) is 3.99. The molecule has 0 fully saturated rings. The number of hydrogen-bond acceptors (Lipinski definition) is 9. The van der Waals surface area contributed by atoms with Crippen molar-refractivity contribution < 1.29 is 22.8 Å². The number of nitrogens with one attached hydrogen (secondary N) is 3. The number of halogens is 4. The molecule has 190 valence electrons. The largest absolute Gasteiger partial charge is 0.418 e. The van der Waals surface area contributed by atoms with Gasteiger partial charge in [0.05, 0.1) is 34.7 Å². The van der Waals surface area contributed by atoms with E-state index in [-0.39, 0.29) is 16.4 Å². The SMILES string of the molecule is CC(NC(=O)c1cc(Nc2cccnc2)ncn1)c1ncc(C(=O)Nc2cc(C(F)(F)F)c(Cl)cn2)s1. The first-order valence-electron chi connectivity index (χ1n) is 10.4. The van der Waals surface area contributed by atoms with Gasteiger partial charge in [0.15, 0.2) is 0 Å². The molecule has 0 aromatic carbocycles. The number of hydrogen-bond donors (Lipinski definition) is 3. The van der Waals surface area contributed by atoms with Gasteiger partial charge < -0.3 is 16.0 Å². The summed E-state index contributed by atoms with van der Waals surface area (Å²) in [6.07, 6.45) is 1.80. The van der Waals surface area contributed by atoms with Crippen LogP contribution in [0, 0.1) is 0 Å². The molecule has 1 atom stereocenters. The van der Waals surface area contributed by atoms with E-state index in [1.807, 2.05) is 0 Å². The van der Waals surface area contributed by atoms with Crippen LogP contribution in [0.3, 0.4) is 0 Å². The highest BCUT2D eigenvalue weighted by Gasteiger charge is 2.34. The molecule has 37 heavy (non-hydrogen) atoms. The molecule has 0 bridgehead atoms. The van der Waals surface area contributed by atoms with Crippen molar-refractivity contribution in [1.29, 1.82) is 0 Å². The summed E-state index contributed by atoms with van der Waals surface area (Å²) < 4.78 is 39.1. The van der Waals surface area contributed by atoms with Gasteiger partial charge in [0.25, 0.3) is 11.8 Å². The molecule has 0 spiro atoms. The molecule has 0 saturated carbocycles. The maximum atomic E-state index is 13.0. The van der Waals surface area contributed by atoms with Crippen LogP contribution in [-0.2, 0) is 6.18 Å². The van der Waals surface area contributed by atoms with Crippen molar-refractivity contribution in [3.63, 3.8) is 0 Å². The van der Waals surface area contributed by atoms with Gasteiger partial charge in [-0.15, -0.1) is 11.3 Å². The second-order valence-electron chi connectivity index (χ2n) is 7.41. The molecule has 3 N–H and O–H groups in total. The van der Waals surface area contributed by atoms with Crippen molar-refractivity contribution in [3.8, 4) is 0 Å². The Balaban J connectivity index is 1.40. The predicted molar refractivity (Wildman–Crippen MR) is 130 cm³/mol. The minimum atomic E-state index is -4.70. The minimum absolute atomic E-state index is 0.0945. The second-order valence-corrected chi connectivity index (χ2v) is 8.88. The number of pyridine rings is 2. The summed E-state index contributed by atoms with van der Waals surface area (Å²) in [5, 5.41) is 7.84. The number of rotatable bonds is 7. The number of thiazole rings is 1. The molecule has 4 aromatic rings. The maximum absolute atomic E-state index is 13.0. The summed E-state index contributed by atoms with van der Waals surface area (Å²) in [5.41, 5.74) is -0.348. The van der Waals surface area contributed by atoms with Gasteiger partial charge in [0.1, 0.15) is 33.5 Å².